The Morgan fingerprint density at radius 1 is 1.22 bits per heavy atom. The third-order valence-electron chi connectivity index (χ3n) is 2.88. The van der Waals surface area contributed by atoms with Gasteiger partial charge in [-0.1, -0.05) is 6.07 Å². The van der Waals surface area contributed by atoms with E-state index in [-0.39, 0.29) is 12.2 Å². The SMILES string of the molecule is C[C@H]1CN(C(=O)c2c(F)cccc2F)C[C@H](C)O1. The first kappa shape index (κ1) is 13.0. The Bertz CT molecular complexity index is 434. The van der Waals surface area contributed by atoms with Crippen molar-refractivity contribution in [3.63, 3.8) is 0 Å². The molecule has 0 aliphatic carbocycles. The van der Waals surface area contributed by atoms with Gasteiger partial charge in [0.15, 0.2) is 0 Å². The highest BCUT2D eigenvalue weighted by Gasteiger charge is 2.29. The molecule has 2 rings (SSSR count). The molecule has 1 fully saturated rings. The van der Waals surface area contributed by atoms with Crippen molar-refractivity contribution in [3.05, 3.63) is 35.4 Å². The van der Waals surface area contributed by atoms with Crippen molar-refractivity contribution < 1.29 is 18.3 Å². The van der Waals surface area contributed by atoms with E-state index in [2.05, 4.69) is 0 Å². The molecule has 0 spiro atoms. The zero-order valence-electron chi connectivity index (χ0n) is 10.3. The monoisotopic (exact) mass is 255 g/mol. The van der Waals surface area contributed by atoms with Crippen LogP contribution in [0.3, 0.4) is 0 Å². The maximum Gasteiger partial charge on any atom is 0.260 e. The third kappa shape index (κ3) is 2.51. The van der Waals surface area contributed by atoms with Gasteiger partial charge in [0.1, 0.15) is 17.2 Å². The molecule has 0 radical (unpaired) electrons. The number of halogens is 2. The quantitative estimate of drug-likeness (QED) is 0.770. The van der Waals surface area contributed by atoms with Crippen LogP contribution in [0.1, 0.15) is 24.2 Å². The summed E-state index contributed by atoms with van der Waals surface area (Å²) >= 11 is 0. The second kappa shape index (κ2) is 5.02. The van der Waals surface area contributed by atoms with E-state index in [1.54, 1.807) is 0 Å². The largest absolute Gasteiger partial charge is 0.372 e. The van der Waals surface area contributed by atoms with Crippen molar-refractivity contribution in [1.29, 1.82) is 0 Å². The summed E-state index contributed by atoms with van der Waals surface area (Å²) in [5, 5.41) is 0. The number of carbonyl (C=O) groups excluding carboxylic acids is 1. The summed E-state index contributed by atoms with van der Waals surface area (Å²) in [6.45, 7) is 4.34. The van der Waals surface area contributed by atoms with Crippen LogP contribution in [0.15, 0.2) is 18.2 Å². The first-order valence-corrected chi connectivity index (χ1v) is 5.87. The van der Waals surface area contributed by atoms with Crippen LogP contribution in [0.4, 0.5) is 8.78 Å². The van der Waals surface area contributed by atoms with E-state index in [4.69, 9.17) is 4.74 Å². The smallest absolute Gasteiger partial charge is 0.260 e. The molecule has 3 nitrogen and oxygen atoms in total. The van der Waals surface area contributed by atoms with Crippen LogP contribution in [-0.2, 0) is 4.74 Å². The van der Waals surface area contributed by atoms with E-state index < -0.39 is 23.1 Å². The van der Waals surface area contributed by atoms with E-state index in [1.165, 1.54) is 11.0 Å². The van der Waals surface area contributed by atoms with Gasteiger partial charge in [-0.05, 0) is 26.0 Å². The lowest BCUT2D eigenvalue weighted by Gasteiger charge is -2.35. The van der Waals surface area contributed by atoms with Crippen molar-refractivity contribution >= 4 is 5.91 Å². The van der Waals surface area contributed by atoms with Crippen molar-refractivity contribution in [2.45, 2.75) is 26.1 Å². The van der Waals surface area contributed by atoms with Crippen LogP contribution >= 0.6 is 0 Å². The van der Waals surface area contributed by atoms with Gasteiger partial charge in [-0.3, -0.25) is 4.79 Å². The number of hydrogen-bond acceptors (Lipinski definition) is 2. The standard InChI is InChI=1S/C13H15F2NO2/c1-8-6-16(7-9(2)18-8)13(17)12-10(14)4-3-5-11(12)15/h3-5,8-9H,6-7H2,1-2H3/t8-,9-/m0/s1. The van der Waals surface area contributed by atoms with Gasteiger partial charge in [0.25, 0.3) is 5.91 Å². The molecule has 1 saturated heterocycles. The van der Waals surface area contributed by atoms with Crippen LogP contribution in [0.25, 0.3) is 0 Å². The number of morpholine rings is 1. The minimum absolute atomic E-state index is 0.132. The Hall–Kier alpha value is -1.49. The summed E-state index contributed by atoms with van der Waals surface area (Å²) in [5.41, 5.74) is -0.487. The topological polar surface area (TPSA) is 29.5 Å². The summed E-state index contributed by atoms with van der Waals surface area (Å²) in [4.78, 5) is 13.6. The van der Waals surface area contributed by atoms with E-state index in [0.29, 0.717) is 13.1 Å². The molecule has 2 atom stereocenters. The summed E-state index contributed by atoms with van der Waals surface area (Å²) < 4.78 is 32.5. The lowest BCUT2D eigenvalue weighted by molar-refractivity contribution is -0.0588. The number of nitrogens with zero attached hydrogens (tertiary/aromatic N) is 1. The second-order valence-corrected chi connectivity index (χ2v) is 4.56. The van der Waals surface area contributed by atoms with Gasteiger partial charge in [0.05, 0.1) is 12.2 Å². The zero-order valence-corrected chi connectivity index (χ0v) is 10.3. The summed E-state index contributed by atoms with van der Waals surface area (Å²) in [7, 11) is 0. The summed E-state index contributed by atoms with van der Waals surface area (Å²) in [6, 6.07) is 3.42. The average Bonchev–Trinajstić information content (AvgIpc) is 2.27. The molecule has 1 amide bonds. The number of benzene rings is 1. The highest BCUT2D eigenvalue weighted by atomic mass is 19.1. The normalized spacial score (nSPS) is 24.1. The summed E-state index contributed by atoms with van der Waals surface area (Å²) in [5.74, 6) is -2.27. The molecular weight excluding hydrogens is 240 g/mol. The highest BCUT2D eigenvalue weighted by molar-refractivity contribution is 5.94. The fourth-order valence-corrected chi connectivity index (χ4v) is 2.20. The van der Waals surface area contributed by atoms with E-state index >= 15 is 0 Å². The molecule has 1 aliphatic heterocycles. The fourth-order valence-electron chi connectivity index (χ4n) is 2.20. The van der Waals surface area contributed by atoms with Gasteiger partial charge in [-0.15, -0.1) is 0 Å². The number of carbonyl (C=O) groups is 1. The van der Waals surface area contributed by atoms with Crippen LogP contribution in [0.5, 0.6) is 0 Å². The van der Waals surface area contributed by atoms with Gasteiger partial charge in [-0.25, -0.2) is 8.78 Å². The van der Waals surface area contributed by atoms with Crippen molar-refractivity contribution in [2.24, 2.45) is 0 Å². The Morgan fingerprint density at radius 3 is 2.22 bits per heavy atom. The summed E-state index contributed by atoms with van der Waals surface area (Å²) in [6.07, 6.45) is -0.264. The second-order valence-electron chi connectivity index (χ2n) is 4.56. The number of amides is 1. The van der Waals surface area contributed by atoms with Crippen molar-refractivity contribution in [3.8, 4) is 0 Å². The van der Waals surface area contributed by atoms with Gasteiger partial charge in [0.2, 0.25) is 0 Å². The predicted octanol–water partition coefficient (Wildman–Crippen LogP) is 2.21. The Labute approximate surface area is 104 Å². The molecule has 1 aliphatic rings. The minimum Gasteiger partial charge on any atom is -0.372 e. The van der Waals surface area contributed by atoms with Crippen LogP contribution < -0.4 is 0 Å². The molecule has 5 heteroatoms. The van der Waals surface area contributed by atoms with E-state index in [9.17, 15) is 13.6 Å². The molecule has 0 saturated carbocycles. The van der Waals surface area contributed by atoms with E-state index in [0.717, 1.165) is 12.1 Å². The van der Waals surface area contributed by atoms with Crippen LogP contribution in [0.2, 0.25) is 0 Å². The number of hydrogen-bond donors (Lipinski definition) is 0. The third-order valence-corrected chi connectivity index (χ3v) is 2.88. The van der Waals surface area contributed by atoms with Gasteiger partial charge in [-0.2, -0.15) is 0 Å². The molecule has 1 aromatic carbocycles. The van der Waals surface area contributed by atoms with Crippen molar-refractivity contribution in [1.82, 2.24) is 4.90 Å². The van der Waals surface area contributed by atoms with Gasteiger partial charge < -0.3 is 9.64 Å². The lowest BCUT2D eigenvalue weighted by Crippen LogP contribution is -2.48. The van der Waals surface area contributed by atoms with E-state index in [1.807, 2.05) is 13.8 Å². The zero-order chi connectivity index (χ0) is 13.3. The van der Waals surface area contributed by atoms with Crippen LogP contribution in [0, 0.1) is 11.6 Å². The lowest BCUT2D eigenvalue weighted by atomic mass is 10.1. The molecule has 98 valence electrons. The van der Waals surface area contributed by atoms with Crippen molar-refractivity contribution in [2.75, 3.05) is 13.1 Å². The fraction of sp³-hybridized carbons (Fsp3) is 0.462. The highest BCUT2D eigenvalue weighted by Crippen LogP contribution is 2.18. The van der Waals surface area contributed by atoms with Gasteiger partial charge in [0, 0.05) is 13.1 Å². The molecule has 1 aromatic rings. The Balaban J connectivity index is 2.26. The maximum atomic E-state index is 13.5. The Morgan fingerprint density at radius 2 is 1.72 bits per heavy atom. The number of ether oxygens (including phenoxy) is 1. The molecule has 0 aromatic heterocycles. The molecule has 0 unspecified atom stereocenters. The molecular formula is C13H15F2NO2. The van der Waals surface area contributed by atoms with Gasteiger partial charge >= 0.3 is 0 Å². The Kier molecular flexibility index (Phi) is 3.61. The first-order chi connectivity index (χ1) is 8.49. The van der Waals surface area contributed by atoms with Crippen LogP contribution in [-0.4, -0.2) is 36.1 Å². The average molecular weight is 255 g/mol. The molecule has 0 N–H and O–H groups in total. The molecule has 0 bridgehead atoms. The number of rotatable bonds is 1. The maximum absolute atomic E-state index is 13.5. The molecule has 18 heavy (non-hydrogen) atoms. The molecule has 1 heterocycles. The predicted molar refractivity (Wildman–Crippen MR) is 62.3 cm³/mol. The first-order valence-electron chi connectivity index (χ1n) is 5.87. The minimum atomic E-state index is -0.827.